The number of hydrogen-bond acceptors (Lipinski definition) is 3. The van der Waals surface area contributed by atoms with E-state index in [-0.39, 0.29) is 11.3 Å². The lowest BCUT2D eigenvalue weighted by Crippen LogP contribution is -2.30. The molecule has 0 radical (unpaired) electrons. The molecule has 1 aromatic carbocycles. The Labute approximate surface area is 116 Å². The Morgan fingerprint density at radius 3 is 2.95 bits per heavy atom. The third kappa shape index (κ3) is 2.17. The van der Waals surface area contributed by atoms with Crippen molar-refractivity contribution >= 4 is 34.1 Å². The predicted molar refractivity (Wildman–Crippen MR) is 76.1 cm³/mol. The van der Waals surface area contributed by atoms with Crippen LogP contribution in [0.2, 0.25) is 5.02 Å². The molecule has 1 amide bonds. The molecular weight excluding hydrogens is 262 g/mol. The summed E-state index contributed by atoms with van der Waals surface area (Å²) in [4.78, 5) is 16.5. The van der Waals surface area contributed by atoms with Gasteiger partial charge in [0.2, 0.25) is 5.91 Å². The van der Waals surface area contributed by atoms with Gasteiger partial charge in [-0.3, -0.25) is 9.78 Å². The zero-order chi connectivity index (χ0) is 13.5. The van der Waals surface area contributed by atoms with Crippen LogP contribution in [0.15, 0.2) is 30.5 Å². The Morgan fingerprint density at radius 1 is 1.47 bits per heavy atom. The molecule has 0 unspecified atom stereocenters. The molecule has 4 nitrogen and oxygen atoms in total. The minimum absolute atomic E-state index is 0.0378. The van der Waals surface area contributed by atoms with Gasteiger partial charge in [-0.2, -0.15) is 0 Å². The highest BCUT2D eigenvalue weighted by molar-refractivity contribution is 6.32. The molecule has 1 saturated carbocycles. The van der Waals surface area contributed by atoms with E-state index < -0.39 is 0 Å². The highest BCUT2D eigenvalue weighted by Gasteiger charge is 2.48. The molecule has 1 fully saturated rings. The average molecular weight is 276 g/mol. The van der Waals surface area contributed by atoms with Gasteiger partial charge in [0.15, 0.2) is 0 Å². The van der Waals surface area contributed by atoms with Gasteiger partial charge in [0.25, 0.3) is 0 Å². The normalized spacial score (nSPS) is 16.3. The van der Waals surface area contributed by atoms with E-state index in [1.165, 1.54) is 0 Å². The average Bonchev–Trinajstić information content (AvgIpc) is 3.19. The van der Waals surface area contributed by atoms with Crippen LogP contribution in [0.25, 0.3) is 10.9 Å². The molecule has 0 spiro atoms. The smallest absolute Gasteiger partial charge is 0.231 e. The fraction of sp³-hybridized carbons (Fsp3) is 0.286. The molecule has 3 rings (SSSR count). The number of nitrogens with one attached hydrogen (secondary N) is 1. The summed E-state index contributed by atoms with van der Waals surface area (Å²) in [5, 5.41) is 4.40. The fourth-order valence-electron chi connectivity index (χ4n) is 2.18. The number of aromatic nitrogens is 1. The van der Waals surface area contributed by atoms with Crippen LogP contribution < -0.4 is 11.1 Å². The van der Waals surface area contributed by atoms with E-state index in [1.54, 1.807) is 12.3 Å². The molecular formula is C14H14ClN3O. The third-order valence-corrected chi connectivity index (χ3v) is 3.86. The van der Waals surface area contributed by atoms with Gasteiger partial charge in [0, 0.05) is 23.2 Å². The van der Waals surface area contributed by atoms with Gasteiger partial charge in [0.05, 0.1) is 16.6 Å². The highest BCUT2D eigenvalue weighted by Crippen LogP contribution is 2.45. The van der Waals surface area contributed by atoms with Gasteiger partial charge in [-0.15, -0.1) is 0 Å². The lowest BCUT2D eigenvalue weighted by atomic mass is 10.1. The molecule has 0 aliphatic heterocycles. The largest absolute Gasteiger partial charge is 0.329 e. The second-order valence-electron chi connectivity index (χ2n) is 4.97. The van der Waals surface area contributed by atoms with Gasteiger partial charge < -0.3 is 11.1 Å². The minimum atomic E-state index is -0.385. The van der Waals surface area contributed by atoms with Crippen LogP contribution in [-0.2, 0) is 4.79 Å². The summed E-state index contributed by atoms with van der Waals surface area (Å²) in [5.74, 6) is -0.0378. The number of pyridine rings is 1. The molecule has 1 aliphatic carbocycles. The van der Waals surface area contributed by atoms with Crippen LogP contribution in [0.3, 0.4) is 0 Å². The molecule has 0 atom stereocenters. The van der Waals surface area contributed by atoms with Crippen molar-refractivity contribution in [2.24, 2.45) is 11.1 Å². The topological polar surface area (TPSA) is 68.0 Å². The molecule has 1 aliphatic rings. The number of anilines is 1. The zero-order valence-corrected chi connectivity index (χ0v) is 11.1. The highest BCUT2D eigenvalue weighted by atomic mass is 35.5. The summed E-state index contributed by atoms with van der Waals surface area (Å²) in [6.45, 7) is 0.380. The van der Waals surface area contributed by atoms with Crippen molar-refractivity contribution in [1.82, 2.24) is 4.98 Å². The van der Waals surface area contributed by atoms with E-state index in [2.05, 4.69) is 10.3 Å². The standard InChI is InChI=1S/C14H14ClN3O/c15-10-6-9-2-1-5-17-12(9)11(7-10)18-13(19)14(8-16)3-4-14/h1-2,5-7H,3-4,8,16H2,(H,18,19). The quantitative estimate of drug-likeness (QED) is 0.905. The van der Waals surface area contributed by atoms with E-state index in [4.69, 9.17) is 17.3 Å². The van der Waals surface area contributed by atoms with E-state index in [1.807, 2.05) is 18.2 Å². The minimum Gasteiger partial charge on any atom is -0.329 e. The number of rotatable bonds is 3. The number of halogens is 1. The van der Waals surface area contributed by atoms with Crippen molar-refractivity contribution in [2.75, 3.05) is 11.9 Å². The summed E-state index contributed by atoms with van der Waals surface area (Å²) in [6, 6.07) is 7.31. The Bertz CT molecular complexity index is 652. The molecule has 2 aromatic rings. The predicted octanol–water partition coefficient (Wildman–Crippen LogP) is 2.57. The molecule has 19 heavy (non-hydrogen) atoms. The first-order valence-corrected chi connectivity index (χ1v) is 6.58. The molecule has 5 heteroatoms. The molecule has 3 N–H and O–H groups in total. The number of fused-ring (bicyclic) bond motifs is 1. The van der Waals surface area contributed by atoms with Crippen LogP contribution in [0, 0.1) is 5.41 Å². The maximum absolute atomic E-state index is 12.2. The monoisotopic (exact) mass is 275 g/mol. The Hall–Kier alpha value is -1.65. The number of amides is 1. The van der Waals surface area contributed by atoms with Gasteiger partial charge in [-0.1, -0.05) is 17.7 Å². The second kappa shape index (κ2) is 4.47. The maximum Gasteiger partial charge on any atom is 0.231 e. The maximum atomic E-state index is 12.2. The summed E-state index contributed by atoms with van der Waals surface area (Å²) in [6.07, 6.45) is 3.39. The summed E-state index contributed by atoms with van der Waals surface area (Å²) < 4.78 is 0. The summed E-state index contributed by atoms with van der Waals surface area (Å²) in [7, 11) is 0. The van der Waals surface area contributed by atoms with Crippen molar-refractivity contribution in [1.29, 1.82) is 0 Å². The lowest BCUT2D eigenvalue weighted by Gasteiger charge is -2.14. The van der Waals surface area contributed by atoms with E-state index in [9.17, 15) is 4.79 Å². The van der Waals surface area contributed by atoms with Crippen molar-refractivity contribution < 1.29 is 4.79 Å². The fourth-order valence-corrected chi connectivity index (χ4v) is 2.41. The molecule has 98 valence electrons. The first-order valence-electron chi connectivity index (χ1n) is 6.20. The number of nitrogens with two attached hydrogens (primary N) is 1. The van der Waals surface area contributed by atoms with Crippen LogP contribution in [0.1, 0.15) is 12.8 Å². The van der Waals surface area contributed by atoms with Gasteiger partial charge in [-0.25, -0.2) is 0 Å². The number of nitrogens with zero attached hydrogens (tertiary/aromatic N) is 1. The van der Waals surface area contributed by atoms with Crippen molar-refractivity contribution in [2.45, 2.75) is 12.8 Å². The number of benzene rings is 1. The van der Waals surface area contributed by atoms with Crippen molar-refractivity contribution in [3.63, 3.8) is 0 Å². The van der Waals surface area contributed by atoms with Gasteiger partial charge in [-0.05, 0) is 31.0 Å². The SMILES string of the molecule is NCC1(C(=O)Nc2cc(Cl)cc3cccnc23)CC1. The number of carbonyl (C=O) groups excluding carboxylic acids is 1. The summed E-state index contributed by atoms with van der Waals surface area (Å²) >= 11 is 6.07. The van der Waals surface area contributed by atoms with Crippen LogP contribution >= 0.6 is 11.6 Å². The van der Waals surface area contributed by atoms with Gasteiger partial charge in [0.1, 0.15) is 0 Å². The van der Waals surface area contributed by atoms with Crippen molar-refractivity contribution in [3.05, 3.63) is 35.5 Å². The first kappa shape index (κ1) is 12.4. The zero-order valence-electron chi connectivity index (χ0n) is 10.3. The first-order chi connectivity index (χ1) is 9.14. The Morgan fingerprint density at radius 2 is 2.26 bits per heavy atom. The second-order valence-corrected chi connectivity index (χ2v) is 5.40. The molecule has 0 saturated heterocycles. The Kier molecular flexibility index (Phi) is 2.92. The van der Waals surface area contributed by atoms with Gasteiger partial charge >= 0.3 is 0 Å². The van der Waals surface area contributed by atoms with Crippen LogP contribution in [0.5, 0.6) is 0 Å². The summed E-state index contributed by atoms with van der Waals surface area (Å²) in [5.41, 5.74) is 6.67. The van der Waals surface area contributed by atoms with Crippen molar-refractivity contribution in [3.8, 4) is 0 Å². The molecule has 1 heterocycles. The van der Waals surface area contributed by atoms with Crippen LogP contribution in [0.4, 0.5) is 5.69 Å². The molecule has 1 aromatic heterocycles. The van der Waals surface area contributed by atoms with E-state index >= 15 is 0 Å². The Balaban J connectivity index is 1.99. The van der Waals surface area contributed by atoms with E-state index in [0.717, 1.165) is 23.7 Å². The molecule has 0 bridgehead atoms. The third-order valence-electron chi connectivity index (χ3n) is 3.64. The number of carbonyl (C=O) groups is 1. The van der Waals surface area contributed by atoms with Crippen LogP contribution in [-0.4, -0.2) is 17.4 Å². The van der Waals surface area contributed by atoms with E-state index in [0.29, 0.717) is 17.3 Å². The lowest BCUT2D eigenvalue weighted by molar-refractivity contribution is -0.120. The number of hydrogen-bond donors (Lipinski definition) is 2.